The van der Waals surface area contributed by atoms with Crippen LogP contribution in [0.3, 0.4) is 0 Å². The third-order valence-corrected chi connectivity index (χ3v) is 5.94. The molecule has 1 fully saturated rings. The third-order valence-electron chi connectivity index (χ3n) is 3.83. The summed E-state index contributed by atoms with van der Waals surface area (Å²) >= 11 is 5.91. The Bertz CT molecular complexity index is 886. The fourth-order valence-electron chi connectivity index (χ4n) is 2.67. The number of halogens is 1. The number of hydrogen-bond donors (Lipinski definition) is 2. The Hall–Kier alpha value is -2.25. The molecule has 0 unspecified atom stereocenters. The van der Waals surface area contributed by atoms with Crippen molar-refractivity contribution in [2.24, 2.45) is 0 Å². The van der Waals surface area contributed by atoms with Crippen molar-refractivity contribution in [3.8, 4) is 0 Å². The summed E-state index contributed by atoms with van der Waals surface area (Å²) in [7, 11) is -3.24. The minimum atomic E-state index is -3.24. The average molecular weight is 380 g/mol. The van der Waals surface area contributed by atoms with Crippen LogP contribution in [0.25, 0.3) is 0 Å². The zero-order valence-electron chi connectivity index (χ0n) is 13.4. The van der Waals surface area contributed by atoms with E-state index in [1.807, 2.05) is 12.1 Å². The zero-order valence-corrected chi connectivity index (χ0v) is 15.0. The highest BCUT2D eigenvalue weighted by molar-refractivity contribution is 7.93. The second-order valence-corrected chi connectivity index (χ2v) is 8.18. The van der Waals surface area contributed by atoms with E-state index in [-0.39, 0.29) is 11.8 Å². The van der Waals surface area contributed by atoms with E-state index in [0.29, 0.717) is 35.9 Å². The Balaban J connectivity index is 1.63. The molecule has 0 atom stereocenters. The topological polar surface area (TPSA) is 78.5 Å². The van der Waals surface area contributed by atoms with Crippen LogP contribution in [0.15, 0.2) is 48.5 Å². The van der Waals surface area contributed by atoms with Crippen LogP contribution in [-0.2, 0) is 16.6 Å². The second-order valence-electron chi connectivity index (χ2n) is 5.73. The van der Waals surface area contributed by atoms with Crippen molar-refractivity contribution in [1.82, 2.24) is 5.32 Å². The van der Waals surface area contributed by atoms with Gasteiger partial charge >= 0.3 is 6.03 Å². The number of carbonyl (C=O) groups excluding carboxylic acids is 1. The molecule has 0 bridgehead atoms. The van der Waals surface area contributed by atoms with Crippen molar-refractivity contribution < 1.29 is 13.2 Å². The minimum Gasteiger partial charge on any atom is -0.334 e. The van der Waals surface area contributed by atoms with E-state index in [1.165, 1.54) is 4.31 Å². The van der Waals surface area contributed by atoms with Gasteiger partial charge in [-0.3, -0.25) is 4.31 Å². The van der Waals surface area contributed by atoms with Crippen molar-refractivity contribution in [3.63, 3.8) is 0 Å². The lowest BCUT2D eigenvalue weighted by Crippen LogP contribution is -2.28. The molecule has 0 aromatic heterocycles. The molecule has 2 amide bonds. The minimum absolute atomic E-state index is 0.158. The second kappa shape index (κ2) is 7.33. The highest BCUT2D eigenvalue weighted by Crippen LogP contribution is 2.26. The van der Waals surface area contributed by atoms with E-state index in [9.17, 15) is 13.2 Å². The van der Waals surface area contributed by atoms with Gasteiger partial charge in [0.05, 0.1) is 11.4 Å². The Labute approximate surface area is 151 Å². The van der Waals surface area contributed by atoms with E-state index in [4.69, 9.17) is 11.6 Å². The molecule has 0 radical (unpaired) electrons. The summed E-state index contributed by atoms with van der Waals surface area (Å²) in [6.07, 6.45) is 0.611. The van der Waals surface area contributed by atoms with Gasteiger partial charge < -0.3 is 10.6 Å². The van der Waals surface area contributed by atoms with Crippen molar-refractivity contribution >= 4 is 39.0 Å². The molecule has 8 heteroatoms. The number of hydrogen-bond acceptors (Lipinski definition) is 3. The van der Waals surface area contributed by atoms with Crippen LogP contribution in [-0.4, -0.2) is 26.7 Å². The van der Waals surface area contributed by atoms with Gasteiger partial charge in [0.1, 0.15) is 0 Å². The quantitative estimate of drug-likeness (QED) is 0.856. The number of anilines is 2. The first-order chi connectivity index (χ1) is 11.9. The Morgan fingerprint density at radius 2 is 1.96 bits per heavy atom. The van der Waals surface area contributed by atoms with Crippen LogP contribution in [0.1, 0.15) is 12.0 Å². The number of amides is 2. The predicted molar refractivity (Wildman–Crippen MR) is 99.5 cm³/mol. The molecule has 3 rings (SSSR count). The summed E-state index contributed by atoms with van der Waals surface area (Å²) in [5, 5.41) is 6.06. The van der Waals surface area contributed by atoms with Crippen LogP contribution in [0, 0.1) is 0 Å². The van der Waals surface area contributed by atoms with E-state index in [0.717, 1.165) is 5.56 Å². The number of rotatable bonds is 4. The Morgan fingerprint density at radius 3 is 2.68 bits per heavy atom. The molecule has 2 aromatic carbocycles. The number of urea groups is 1. The SMILES string of the molecule is O=C(NCc1cccc(Cl)c1)Nc1cccc(N2CCCS2(=O)=O)c1. The predicted octanol–water partition coefficient (Wildman–Crippen LogP) is 3.20. The molecule has 1 heterocycles. The van der Waals surface area contributed by atoms with Crippen LogP contribution < -0.4 is 14.9 Å². The van der Waals surface area contributed by atoms with Gasteiger partial charge in [-0.1, -0.05) is 29.8 Å². The maximum atomic E-state index is 12.0. The lowest BCUT2D eigenvalue weighted by atomic mass is 10.2. The molecule has 6 nitrogen and oxygen atoms in total. The average Bonchev–Trinajstić information content (AvgIpc) is 2.93. The van der Waals surface area contributed by atoms with Crippen LogP contribution >= 0.6 is 11.6 Å². The van der Waals surface area contributed by atoms with Gasteiger partial charge in [0.25, 0.3) is 0 Å². The van der Waals surface area contributed by atoms with Gasteiger partial charge in [-0.2, -0.15) is 0 Å². The molecule has 1 aliphatic heterocycles. The standard InChI is InChI=1S/C17H18ClN3O3S/c18-14-5-1-4-13(10-14)12-19-17(22)20-15-6-2-7-16(11-15)21-8-3-9-25(21,23)24/h1-2,4-7,10-11H,3,8-9,12H2,(H2,19,20,22). The van der Waals surface area contributed by atoms with Crippen molar-refractivity contribution in [2.45, 2.75) is 13.0 Å². The maximum Gasteiger partial charge on any atom is 0.319 e. The maximum absolute atomic E-state index is 12.0. The summed E-state index contributed by atoms with van der Waals surface area (Å²) in [5.41, 5.74) is 1.98. The molecule has 1 aliphatic rings. The smallest absolute Gasteiger partial charge is 0.319 e. The number of nitrogens with one attached hydrogen (secondary N) is 2. The van der Waals surface area contributed by atoms with Crippen LogP contribution in [0.5, 0.6) is 0 Å². The molecule has 132 valence electrons. The Morgan fingerprint density at radius 1 is 1.16 bits per heavy atom. The third kappa shape index (κ3) is 4.43. The molecular formula is C17H18ClN3O3S. The highest BCUT2D eigenvalue weighted by atomic mass is 35.5. The largest absolute Gasteiger partial charge is 0.334 e. The van der Waals surface area contributed by atoms with Crippen LogP contribution in [0.4, 0.5) is 16.2 Å². The normalized spacial score (nSPS) is 15.8. The van der Waals surface area contributed by atoms with Gasteiger partial charge in [0.2, 0.25) is 10.0 Å². The molecular weight excluding hydrogens is 362 g/mol. The number of nitrogens with zero attached hydrogens (tertiary/aromatic N) is 1. The molecule has 2 N–H and O–H groups in total. The summed E-state index contributed by atoms with van der Waals surface area (Å²) in [4.78, 5) is 12.0. The van der Waals surface area contributed by atoms with E-state index < -0.39 is 10.0 Å². The fourth-order valence-corrected chi connectivity index (χ4v) is 4.44. The molecule has 1 saturated heterocycles. The summed E-state index contributed by atoms with van der Waals surface area (Å²) in [6, 6.07) is 13.7. The van der Waals surface area contributed by atoms with E-state index >= 15 is 0 Å². The molecule has 2 aromatic rings. The van der Waals surface area contributed by atoms with Gasteiger partial charge in [0, 0.05) is 23.8 Å². The first kappa shape index (κ1) is 17.6. The van der Waals surface area contributed by atoms with Gasteiger partial charge in [0.15, 0.2) is 0 Å². The first-order valence-corrected chi connectivity index (χ1v) is 9.82. The Kier molecular flexibility index (Phi) is 5.15. The lowest BCUT2D eigenvalue weighted by Gasteiger charge is -2.18. The van der Waals surface area contributed by atoms with Crippen LogP contribution in [0.2, 0.25) is 5.02 Å². The van der Waals surface area contributed by atoms with Gasteiger partial charge in [-0.15, -0.1) is 0 Å². The summed E-state index contributed by atoms with van der Waals surface area (Å²) in [6.45, 7) is 0.805. The number of carbonyl (C=O) groups is 1. The van der Waals surface area contributed by atoms with Crippen molar-refractivity contribution in [3.05, 3.63) is 59.1 Å². The molecule has 25 heavy (non-hydrogen) atoms. The molecule has 0 spiro atoms. The zero-order chi connectivity index (χ0) is 17.9. The van der Waals surface area contributed by atoms with Crippen molar-refractivity contribution in [2.75, 3.05) is 21.9 Å². The fraction of sp³-hybridized carbons (Fsp3) is 0.235. The van der Waals surface area contributed by atoms with Crippen molar-refractivity contribution in [1.29, 1.82) is 0 Å². The first-order valence-electron chi connectivity index (χ1n) is 7.84. The van der Waals surface area contributed by atoms with E-state index in [1.54, 1.807) is 36.4 Å². The summed E-state index contributed by atoms with van der Waals surface area (Å²) in [5.74, 6) is 0.158. The number of sulfonamides is 1. The molecule has 0 aliphatic carbocycles. The van der Waals surface area contributed by atoms with Gasteiger partial charge in [-0.05, 0) is 42.3 Å². The van der Waals surface area contributed by atoms with Gasteiger partial charge in [-0.25, -0.2) is 13.2 Å². The van der Waals surface area contributed by atoms with E-state index in [2.05, 4.69) is 10.6 Å². The monoisotopic (exact) mass is 379 g/mol. The highest BCUT2D eigenvalue weighted by Gasteiger charge is 2.28. The summed E-state index contributed by atoms with van der Waals surface area (Å²) < 4.78 is 25.4. The number of benzene rings is 2. The molecule has 0 saturated carbocycles. The lowest BCUT2D eigenvalue weighted by molar-refractivity contribution is 0.251.